The van der Waals surface area contributed by atoms with Crippen molar-refractivity contribution >= 4 is 27.7 Å². The number of nitrogens with zero attached hydrogens (tertiary/aromatic N) is 1. The van der Waals surface area contributed by atoms with Crippen molar-refractivity contribution in [1.29, 1.82) is 0 Å². The molecule has 0 saturated carbocycles. The van der Waals surface area contributed by atoms with E-state index in [9.17, 15) is 4.79 Å². The molecule has 0 aliphatic rings. The lowest BCUT2D eigenvalue weighted by atomic mass is 10.4. The molecule has 0 amide bonds. The highest BCUT2D eigenvalue weighted by Crippen LogP contribution is 2.18. The maximum absolute atomic E-state index is 11.4. The van der Waals surface area contributed by atoms with Crippen LogP contribution in [0, 0.1) is 6.92 Å². The third kappa shape index (κ3) is 3.65. The van der Waals surface area contributed by atoms with Crippen LogP contribution < -0.4 is 5.56 Å². The van der Waals surface area contributed by atoms with Crippen LogP contribution in [0.2, 0.25) is 0 Å². The van der Waals surface area contributed by atoms with E-state index < -0.39 is 0 Å². The van der Waals surface area contributed by atoms with Gasteiger partial charge in [-0.3, -0.25) is 4.79 Å². The monoisotopic (exact) mass is 290 g/mol. The minimum absolute atomic E-state index is 0.0951. The lowest BCUT2D eigenvalue weighted by Gasteiger charge is -2.07. The van der Waals surface area contributed by atoms with E-state index in [0.29, 0.717) is 9.72 Å². The first kappa shape index (κ1) is 12.8. The number of hydrogen-bond donors (Lipinski definition) is 1. The highest BCUT2D eigenvalue weighted by Gasteiger charge is 2.06. The van der Waals surface area contributed by atoms with Crippen LogP contribution in [0.4, 0.5) is 0 Å². The first-order valence-corrected chi connectivity index (χ1v) is 6.75. The summed E-state index contributed by atoms with van der Waals surface area (Å²) in [5.74, 6) is 1.52. The molecule has 0 aliphatic heterocycles. The molecule has 1 heterocycles. The van der Waals surface area contributed by atoms with E-state index in [1.165, 1.54) is 0 Å². The second-order valence-electron chi connectivity index (χ2n) is 3.44. The van der Waals surface area contributed by atoms with Gasteiger partial charge in [-0.15, -0.1) is 0 Å². The van der Waals surface area contributed by atoms with E-state index in [1.54, 1.807) is 11.8 Å². The van der Waals surface area contributed by atoms with Gasteiger partial charge in [0.2, 0.25) is 0 Å². The average Bonchev–Trinajstić information content (AvgIpc) is 2.22. The van der Waals surface area contributed by atoms with Crippen LogP contribution in [-0.4, -0.2) is 15.2 Å². The third-order valence-electron chi connectivity index (χ3n) is 2.16. The van der Waals surface area contributed by atoms with Crippen molar-refractivity contribution < 1.29 is 0 Å². The predicted molar refractivity (Wildman–Crippen MR) is 68.3 cm³/mol. The van der Waals surface area contributed by atoms with Gasteiger partial charge in [0.1, 0.15) is 10.3 Å². The first-order chi connectivity index (χ1) is 7.04. The maximum Gasteiger partial charge on any atom is 0.265 e. The number of aromatic nitrogens is 2. The van der Waals surface area contributed by atoms with Crippen LogP contribution >= 0.6 is 27.7 Å². The smallest absolute Gasteiger partial charge is 0.265 e. The molecule has 0 aromatic carbocycles. The molecule has 0 saturated heterocycles. The number of H-pyrrole nitrogens is 1. The zero-order valence-corrected chi connectivity index (χ0v) is 11.5. The Kier molecular flexibility index (Phi) is 4.86. The molecule has 1 aromatic rings. The Bertz CT molecular complexity index is 391. The highest BCUT2D eigenvalue weighted by atomic mass is 79.9. The molecule has 0 bridgehead atoms. The molecule has 0 spiro atoms. The molecular weight excluding hydrogens is 276 g/mol. The quantitative estimate of drug-likeness (QED) is 0.927. The zero-order valence-electron chi connectivity index (χ0n) is 9.13. The summed E-state index contributed by atoms with van der Waals surface area (Å²) < 4.78 is 0.528. The van der Waals surface area contributed by atoms with E-state index in [1.807, 2.05) is 6.92 Å². The number of aromatic amines is 1. The minimum atomic E-state index is -0.0951. The second-order valence-corrected chi connectivity index (χ2v) is 5.66. The summed E-state index contributed by atoms with van der Waals surface area (Å²) in [5.41, 5.74) is 0.653. The molecule has 3 nitrogen and oxygen atoms in total. The third-order valence-corrected chi connectivity index (χ3v) is 4.43. The van der Waals surface area contributed by atoms with E-state index >= 15 is 0 Å². The predicted octanol–water partition coefficient (Wildman–Crippen LogP) is 2.87. The van der Waals surface area contributed by atoms with Gasteiger partial charge in [-0.05, 0) is 29.3 Å². The van der Waals surface area contributed by atoms with Gasteiger partial charge in [0, 0.05) is 5.25 Å². The van der Waals surface area contributed by atoms with Gasteiger partial charge in [-0.2, -0.15) is 11.8 Å². The number of rotatable bonds is 4. The van der Waals surface area contributed by atoms with Crippen molar-refractivity contribution in [3.8, 4) is 0 Å². The molecule has 1 rings (SSSR count). The lowest BCUT2D eigenvalue weighted by Crippen LogP contribution is -2.14. The van der Waals surface area contributed by atoms with Gasteiger partial charge < -0.3 is 4.98 Å². The van der Waals surface area contributed by atoms with Gasteiger partial charge in [-0.25, -0.2) is 4.98 Å². The highest BCUT2D eigenvalue weighted by molar-refractivity contribution is 9.10. The van der Waals surface area contributed by atoms with E-state index in [4.69, 9.17) is 0 Å². The molecule has 0 fully saturated rings. The molecule has 1 unspecified atom stereocenters. The molecule has 1 aromatic heterocycles. The number of halogens is 1. The molecule has 84 valence electrons. The fraction of sp³-hybridized carbons (Fsp3) is 0.600. The summed E-state index contributed by atoms with van der Waals surface area (Å²) in [6, 6.07) is 0. The first-order valence-electron chi connectivity index (χ1n) is 4.91. The van der Waals surface area contributed by atoms with Crippen LogP contribution in [0.3, 0.4) is 0 Å². The summed E-state index contributed by atoms with van der Waals surface area (Å²) in [6.45, 7) is 6.16. The summed E-state index contributed by atoms with van der Waals surface area (Å²) >= 11 is 5.00. The van der Waals surface area contributed by atoms with Crippen LogP contribution in [0.1, 0.15) is 31.8 Å². The normalized spacial score (nSPS) is 12.8. The number of nitrogens with one attached hydrogen (secondary N) is 1. The van der Waals surface area contributed by atoms with Crippen molar-refractivity contribution in [1.82, 2.24) is 9.97 Å². The standard InChI is InChI=1S/C10H15BrN2OS/c1-4-6(2)15-5-8-12-7(3)9(11)10(14)13-8/h6H,4-5H2,1-3H3,(H,12,13,14). The summed E-state index contributed by atoms with van der Waals surface area (Å²) in [4.78, 5) is 18.5. The average molecular weight is 291 g/mol. The zero-order chi connectivity index (χ0) is 11.4. The lowest BCUT2D eigenvalue weighted by molar-refractivity contribution is 0.896. The maximum atomic E-state index is 11.4. The van der Waals surface area contributed by atoms with Crippen molar-refractivity contribution in [2.75, 3.05) is 0 Å². The van der Waals surface area contributed by atoms with Crippen LogP contribution in [0.15, 0.2) is 9.27 Å². The molecule has 1 atom stereocenters. The SMILES string of the molecule is CCC(C)SCc1nc(C)c(Br)c(=O)[nH]1. The topological polar surface area (TPSA) is 45.8 Å². The van der Waals surface area contributed by atoms with Gasteiger partial charge >= 0.3 is 0 Å². The van der Waals surface area contributed by atoms with Gasteiger partial charge in [0.25, 0.3) is 5.56 Å². The van der Waals surface area contributed by atoms with Crippen LogP contribution in [0.5, 0.6) is 0 Å². The Labute approximate surface area is 102 Å². The van der Waals surface area contributed by atoms with Crippen LogP contribution in [-0.2, 0) is 5.75 Å². The minimum Gasteiger partial charge on any atom is -0.309 e. The van der Waals surface area contributed by atoms with Crippen LogP contribution in [0.25, 0.3) is 0 Å². The Hall–Kier alpha value is -0.290. The van der Waals surface area contributed by atoms with Crippen molar-refractivity contribution in [2.24, 2.45) is 0 Å². The molecule has 5 heteroatoms. The summed E-state index contributed by atoms with van der Waals surface area (Å²) in [7, 11) is 0. The van der Waals surface area contributed by atoms with Gasteiger partial charge in [-0.1, -0.05) is 13.8 Å². The van der Waals surface area contributed by atoms with Gasteiger partial charge in [0.15, 0.2) is 0 Å². The fourth-order valence-corrected chi connectivity index (χ4v) is 2.04. The van der Waals surface area contributed by atoms with E-state index in [0.717, 1.165) is 23.7 Å². The summed E-state index contributed by atoms with van der Waals surface area (Å²) in [5, 5.41) is 0.597. The largest absolute Gasteiger partial charge is 0.309 e. The molecule has 0 aliphatic carbocycles. The Morgan fingerprint density at radius 3 is 2.80 bits per heavy atom. The Balaban J connectivity index is 2.75. The second kappa shape index (κ2) is 5.70. The number of thioether (sulfide) groups is 1. The fourth-order valence-electron chi connectivity index (χ4n) is 1.04. The Morgan fingerprint density at radius 1 is 1.60 bits per heavy atom. The summed E-state index contributed by atoms with van der Waals surface area (Å²) in [6.07, 6.45) is 1.13. The van der Waals surface area contributed by atoms with Crippen molar-refractivity contribution in [3.63, 3.8) is 0 Å². The van der Waals surface area contributed by atoms with Crippen molar-refractivity contribution in [2.45, 2.75) is 38.2 Å². The van der Waals surface area contributed by atoms with E-state index in [-0.39, 0.29) is 5.56 Å². The van der Waals surface area contributed by atoms with Gasteiger partial charge in [0.05, 0.1) is 11.4 Å². The number of aryl methyl sites for hydroxylation is 1. The number of hydrogen-bond acceptors (Lipinski definition) is 3. The molecule has 1 N–H and O–H groups in total. The Morgan fingerprint density at radius 2 is 2.27 bits per heavy atom. The van der Waals surface area contributed by atoms with E-state index in [2.05, 4.69) is 39.7 Å². The molecular formula is C10H15BrN2OS. The van der Waals surface area contributed by atoms with Crippen molar-refractivity contribution in [3.05, 3.63) is 26.3 Å². The molecule has 0 radical (unpaired) electrons. The molecule has 15 heavy (non-hydrogen) atoms.